The van der Waals surface area contributed by atoms with Gasteiger partial charge in [-0.2, -0.15) is 0 Å². The minimum Gasteiger partial charge on any atom is -0.480 e. The molecule has 1 aromatic carbocycles. The lowest BCUT2D eigenvalue weighted by Crippen LogP contribution is -2.13. The highest BCUT2D eigenvalue weighted by atomic mass is 16.5. The molecular formula is C10H11NO4. The number of rotatable bonds is 4. The first-order valence-electron chi connectivity index (χ1n) is 4.32. The van der Waals surface area contributed by atoms with Gasteiger partial charge in [0.25, 0.3) is 0 Å². The number of nitrogens with one attached hydrogen (secondary N) is 1. The lowest BCUT2D eigenvalue weighted by atomic mass is 10.3. The molecule has 0 unspecified atom stereocenters. The van der Waals surface area contributed by atoms with Crippen LogP contribution in [0.2, 0.25) is 0 Å². The molecule has 0 aliphatic heterocycles. The fourth-order valence-electron chi connectivity index (χ4n) is 1.03. The van der Waals surface area contributed by atoms with Gasteiger partial charge in [0.15, 0.2) is 5.75 Å². The van der Waals surface area contributed by atoms with Crippen molar-refractivity contribution < 1.29 is 19.4 Å². The first-order chi connectivity index (χ1) is 7.09. The van der Waals surface area contributed by atoms with Gasteiger partial charge in [0.2, 0.25) is 0 Å². The summed E-state index contributed by atoms with van der Waals surface area (Å²) >= 11 is 0. The monoisotopic (exact) mass is 209 g/mol. The first kappa shape index (κ1) is 11.0. The van der Waals surface area contributed by atoms with Crippen LogP contribution < -0.4 is 10.1 Å². The maximum Gasteiger partial charge on any atom is 0.322 e. The molecule has 0 saturated heterocycles. The van der Waals surface area contributed by atoms with E-state index in [2.05, 4.69) is 5.32 Å². The van der Waals surface area contributed by atoms with Gasteiger partial charge >= 0.3 is 11.9 Å². The van der Waals surface area contributed by atoms with Crippen LogP contribution in [-0.2, 0) is 9.59 Å². The third-order valence-electron chi connectivity index (χ3n) is 1.57. The van der Waals surface area contributed by atoms with E-state index in [0.717, 1.165) is 0 Å². The Kier molecular flexibility index (Phi) is 3.68. The average Bonchev–Trinajstić information content (AvgIpc) is 2.15. The first-order valence-corrected chi connectivity index (χ1v) is 4.32. The van der Waals surface area contributed by atoms with E-state index in [1.54, 1.807) is 24.3 Å². The molecule has 0 spiro atoms. The van der Waals surface area contributed by atoms with E-state index in [9.17, 15) is 9.59 Å². The molecule has 0 fully saturated rings. The van der Waals surface area contributed by atoms with Crippen LogP contribution in [0.5, 0.6) is 5.75 Å². The van der Waals surface area contributed by atoms with Crippen LogP contribution in [0.3, 0.4) is 0 Å². The van der Waals surface area contributed by atoms with Crippen LogP contribution in [0.1, 0.15) is 6.92 Å². The van der Waals surface area contributed by atoms with Crippen molar-refractivity contribution in [3.63, 3.8) is 0 Å². The van der Waals surface area contributed by atoms with E-state index in [-0.39, 0.29) is 6.54 Å². The molecule has 1 aromatic rings. The number of benzene rings is 1. The van der Waals surface area contributed by atoms with Gasteiger partial charge in [-0.1, -0.05) is 12.1 Å². The Hall–Kier alpha value is -2.04. The molecule has 0 amide bonds. The summed E-state index contributed by atoms with van der Waals surface area (Å²) in [6.45, 7) is 1.06. The van der Waals surface area contributed by atoms with Crippen LogP contribution in [-0.4, -0.2) is 23.6 Å². The molecule has 0 aliphatic carbocycles. The largest absolute Gasteiger partial charge is 0.480 e. The summed E-state index contributed by atoms with van der Waals surface area (Å²) < 4.78 is 4.88. The van der Waals surface area contributed by atoms with E-state index < -0.39 is 11.9 Å². The lowest BCUT2D eigenvalue weighted by Gasteiger charge is -2.09. The normalized spacial score (nSPS) is 9.40. The van der Waals surface area contributed by atoms with Crippen molar-refractivity contribution in [1.29, 1.82) is 0 Å². The van der Waals surface area contributed by atoms with Crippen molar-refractivity contribution in [3.05, 3.63) is 24.3 Å². The number of carbonyl (C=O) groups is 2. The average molecular weight is 209 g/mol. The second-order valence-corrected chi connectivity index (χ2v) is 2.84. The molecule has 0 aliphatic rings. The number of aliphatic carboxylic acids is 1. The molecule has 2 N–H and O–H groups in total. The van der Waals surface area contributed by atoms with Crippen LogP contribution in [0.25, 0.3) is 0 Å². The Morgan fingerprint density at radius 1 is 1.40 bits per heavy atom. The molecule has 0 aromatic heterocycles. The number of anilines is 1. The zero-order chi connectivity index (χ0) is 11.3. The molecule has 0 heterocycles. The summed E-state index contributed by atoms with van der Waals surface area (Å²) in [5, 5.41) is 11.1. The molecule has 0 saturated carbocycles. The second-order valence-electron chi connectivity index (χ2n) is 2.84. The Morgan fingerprint density at radius 3 is 2.67 bits per heavy atom. The Labute approximate surface area is 86.7 Å². The topological polar surface area (TPSA) is 75.6 Å². The van der Waals surface area contributed by atoms with Crippen molar-refractivity contribution in [3.8, 4) is 5.75 Å². The smallest absolute Gasteiger partial charge is 0.322 e. The van der Waals surface area contributed by atoms with Gasteiger partial charge in [-0.05, 0) is 12.1 Å². The predicted molar refractivity (Wildman–Crippen MR) is 53.9 cm³/mol. The number of esters is 1. The maximum absolute atomic E-state index is 10.7. The van der Waals surface area contributed by atoms with Gasteiger partial charge in [-0.25, -0.2) is 0 Å². The van der Waals surface area contributed by atoms with E-state index in [4.69, 9.17) is 9.84 Å². The third-order valence-corrected chi connectivity index (χ3v) is 1.57. The van der Waals surface area contributed by atoms with Gasteiger partial charge < -0.3 is 15.2 Å². The number of ether oxygens (including phenoxy) is 1. The Morgan fingerprint density at radius 2 is 2.07 bits per heavy atom. The molecule has 1 rings (SSSR count). The number of carboxylic acids is 1. The Balaban J connectivity index is 2.76. The molecule has 5 nitrogen and oxygen atoms in total. The van der Waals surface area contributed by atoms with Gasteiger partial charge in [0.1, 0.15) is 6.54 Å². The van der Waals surface area contributed by atoms with Crippen molar-refractivity contribution in [2.75, 3.05) is 11.9 Å². The summed E-state index contributed by atoms with van der Waals surface area (Å²) in [6.07, 6.45) is 0. The summed E-state index contributed by atoms with van der Waals surface area (Å²) in [5.41, 5.74) is 0.482. The highest BCUT2D eigenvalue weighted by Crippen LogP contribution is 2.23. The zero-order valence-corrected chi connectivity index (χ0v) is 8.19. The fourth-order valence-corrected chi connectivity index (χ4v) is 1.03. The molecule has 0 bridgehead atoms. The van der Waals surface area contributed by atoms with Gasteiger partial charge in [0.05, 0.1) is 5.69 Å². The van der Waals surface area contributed by atoms with Gasteiger partial charge in [-0.3, -0.25) is 9.59 Å². The summed E-state index contributed by atoms with van der Waals surface area (Å²) in [6, 6.07) is 6.65. The van der Waals surface area contributed by atoms with Crippen molar-refractivity contribution in [2.24, 2.45) is 0 Å². The quantitative estimate of drug-likeness (QED) is 0.573. The number of carbonyl (C=O) groups excluding carboxylic acids is 1. The van der Waals surface area contributed by atoms with Crippen molar-refractivity contribution >= 4 is 17.6 Å². The minimum absolute atomic E-state index is 0.224. The fraction of sp³-hybridized carbons (Fsp3) is 0.200. The number of para-hydroxylation sites is 2. The van der Waals surface area contributed by atoms with Crippen LogP contribution >= 0.6 is 0 Å². The predicted octanol–water partition coefficient (Wildman–Crippen LogP) is 1.11. The van der Waals surface area contributed by atoms with Crippen LogP contribution in [0.15, 0.2) is 24.3 Å². The maximum atomic E-state index is 10.7. The van der Waals surface area contributed by atoms with E-state index >= 15 is 0 Å². The van der Waals surface area contributed by atoms with Crippen molar-refractivity contribution in [2.45, 2.75) is 6.92 Å². The highest BCUT2D eigenvalue weighted by molar-refractivity contribution is 5.76. The lowest BCUT2D eigenvalue weighted by molar-refractivity contribution is -0.135. The molecule has 0 radical (unpaired) electrons. The number of hydrogen-bond donors (Lipinski definition) is 2. The summed E-state index contributed by atoms with van der Waals surface area (Å²) in [4.78, 5) is 21.1. The SMILES string of the molecule is CC(=O)Oc1ccccc1NCC(=O)O. The standard InChI is InChI=1S/C10H11NO4/c1-7(12)15-9-5-3-2-4-8(9)11-6-10(13)14/h2-5,11H,6H2,1H3,(H,13,14). The summed E-state index contributed by atoms with van der Waals surface area (Å²) in [5.74, 6) is -1.10. The third kappa shape index (κ3) is 3.68. The molecule has 0 atom stereocenters. The zero-order valence-electron chi connectivity index (χ0n) is 8.19. The van der Waals surface area contributed by atoms with E-state index in [1.165, 1.54) is 6.92 Å². The minimum atomic E-state index is -0.979. The Bertz CT molecular complexity index is 375. The van der Waals surface area contributed by atoms with Crippen molar-refractivity contribution in [1.82, 2.24) is 0 Å². The molecule has 5 heteroatoms. The number of carboxylic acid groups (broad SMARTS) is 1. The molecular weight excluding hydrogens is 198 g/mol. The molecule has 80 valence electrons. The van der Waals surface area contributed by atoms with E-state index in [0.29, 0.717) is 11.4 Å². The number of hydrogen-bond acceptors (Lipinski definition) is 4. The van der Waals surface area contributed by atoms with Crippen LogP contribution in [0, 0.1) is 0 Å². The van der Waals surface area contributed by atoms with Gasteiger partial charge in [-0.15, -0.1) is 0 Å². The van der Waals surface area contributed by atoms with Gasteiger partial charge in [0, 0.05) is 6.92 Å². The molecule has 15 heavy (non-hydrogen) atoms. The second kappa shape index (κ2) is 4.99. The summed E-state index contributed by atoms with van der Waals surface area (Å²) in [7, 11) is 0. The highest BCUT2D eigenvalue weighted by Gasteiger charge is 2.05. The van der Waals surface area contributed by atoms with E-state index in [1.807, 2.05) is 0 Å². The van der Waals surface area contributed by atoms with Crippen LogP contribution in [0.4, 0.5) is 5.69 Å².